The third-order valence-electron chi connectivity index (χ3n) is 3.66. The molecule has 148 valence electrons. The third kappa shape index (κ3) is 5.84. The summed E-state index contributed by atoms with van der Waals surface area (Å²) in [6.07, 6.45) is 3.82. The van der Waals surface area contributed by atoms with E-state index in [-0.39, 0.29) is 11.3 Å². The highest BCUT2D eigenvalue weighted by atomic mass is 19.1. The lowest BCUT2D eigenvalue weighted by molar-refractivity contribution is -0.111. The van der Waals surface area contributed by atoms with Gasteiger partial charge in [0.2, 0.25) is 5.91 Å². The number of carbonyl (C=O) groups is 2. The van der Waals surface area contributed by atoms with E-state index >= 15 is 0 Å². The van der Waals surface area contributed by atoms with E-state index in [2.05, 4.69) is 5.32 Å². The Balaban J connectivity index is 2.10. The number of nitrogens with one attached hydrogen (secondary N) is 1. The SMILES string of the molecule is CCCOc1ccc(/C=C/C(=O)Nc2ccc(F)c(C(N)=O)c2)cc1OCC. The van der Waals surface area contributed by atoms with Crippen molar-refractivity contribution in [3.05, 3.63) is 59.4 Å². The summed E-state index contributed by atoms with van der Waals surface area (Å²) in [7, 11) is 0. The molecule has 0 aromatic heterocycles. The van der Waals surface area contributed by atoms with E-state index in [0.717, 1.165) is 18.1 Å². The summed E-state index contributed by atoms with van der Waals surface area (Å²) in [4.78, 5) is 23.3. The molecule has 2 aromatic rings. The lowest BCUT2D eigenvalue weighted by Crippen LogP contribution is -2.14. The van der Waals surface area contributed by atoms with Gasteiger partial charge in [0.1, 0.15) is 5.82 Å². The van der Waals surface area contributed by atoms with Crippen molar-refractivity contribution in [2.45, 2.75) is 20.3 Å². The van der Waals surface area contributed by atoms with Gasteiger partial charge in [-0.05, 0) is 55.3 Å². The largest absolute Gasteiger partial charge is 0.490 e. The van der Waals surface area contributed by atoms with Crippen molar-refractivity contribution in [3.63, 3.8) is 0 Å². The Morgan fingerprint density at radius 3 is 2.57 bits per heavy atom. The number of ether oxygens (including phenoxy) is 2. The summed E-state index contributed by atoms with van der Waals surface area (Å²) < 4.78 is 24.7. The van der Waals surface area contributed by atoms with Gasteiger partial charge >= 0.3 is 0 Å². The monoisotopic (exact) mass is 386 g/mol. The Bertz CT molecular complexity index is 881. The molecule has 28 heavy (non-hydrogen) atoms. The van der Waals surface area contributed by atoms with Crippen molar-refractivity contribution in [1.82, 2.24) is 0 Å². The highest BCUT2D eigenvalue weighted by Crippen LogP contribution is 2.29. The van der Waals surface area contributed by atoms with Gasteiger partial charge in [0.05, 0.1) is 18.8 Å². The van der Waals surface area contributed by atoms with E-state index in [0.29, 0.717) is 24.7 Å². The van der Waals surface area contributed by atoms with Crippen LogP contribution in [0.1, 0.15) is 36.2 Å². The number of hydrogen-bond donors (Lipinski definition) is 2. The van der Waals surface area contributed by atoms with Crippen LogP contribution in [0, 0.1) is 5.82 Å². The molecule has 0 unspecified atom stereocenters. The van der Waals surface area contributed by atoms with Crippen LogP contribution in [0.5, 0.6) is 11.5 Å². The molecule has 2 aromatic carbocycles. The van der Waals surface area contributed by atoms with Crippen LogP contribution in [-0.2, 0) is 4.79 Å². The van der Waals surface area contributed by atoms with Crippen molar-refractivity contribution in [1.29, 1.82) is 0 Å². The zero-order chi connectivity index (χ0) is 20.5. The minimum Gasteiger partial charge on any atom is -0.490 e. The van der Waals surface area contributed by atoms with Crippen molar-refractivity contribution < 1.29 is 23.5 Å². The van der Waals surface area contributed by atoms with E-state index in [1.807, 2.05) is 13.8 Å². The van der Waals surface area contributed by atoms with Crippen molar-refractivity contribution in [3.8, 4) is 11.5 Å². The number of benzene rings is 2. The van der Waals surface area contributed by atoms with E-state index < -0.39 is 17.6 Å². The average molecular weight is 386 g/mol. The Morgan fingerprint density at radius 2 is 1.89 bits per heavy atom. The maximum Gasteiger partial charge on any atom is 0.251 e. The fourth-order valence-electron chi connectivity index (χ4n) is 2.38. The van der Waals surface area contributed by atoms with Gasteiger partial charge < -0.3 is 20.5 Å². The van der Waals surface area contributed by atoms with Gasteiger partial charge in [-0.15, -0.1) is 0 Å². The molecule has 0 spiro atoms. The van der Waals surface area contributed by atoms with Gasteiger partial charge in [-0.25, -0.2) is 4.39 Å². The lowest BCUT2D eigenvalue weighted by Gasteiger charge is -2.12. The first-order chi connectivity index (χ1) is 13.4. The molecule has 0 aliphatic heterocycles. The minimum absolute atomic E-state index is 0.267. The molecular formula is C21H23FN2O4. The predicted octanol–water partition coefficient (Wildman–Crippen LogP) is 3.76. The Hall–Kier alpha value is -3.35. The number of carbonyl (C=O) groups excluding carboxylic acids is 2. The van der Waals surface area contributed by atoms with Gasteiger partial charge in [0, 0.05) is 11.8 Å². The standard InChI is InChI=1S/C21H23FN2O4/c1-3-11-28-18-9-5-14(12-19(18)27-4-2)6-10-20(25)24-15-7-8-17(22)16(13-15)21(23)26/h5-10,12-13H,3-4,11H2,1-2H3,(H2,23,26)(H,24,25)/b10-6+. The first-order valence-corrected chi connectivity index (χ1v) is 8.92. The van der Waals surface area contributed by atoms with Gasteiger partial charge in [-0.1, -0.05) is 13.0 Å². The molecule has 0 aliphatic carbocycles. The van der Waals surface area contributed by atoms with Gasteiger partial charge in [-0.3, -0.25) is 9.59 Å². The molecule has 6 nitrogen and oxygen atoms in total. The second-order valence-electron chi connectivity index (χ2n) is 5.87. The summed E-state index contributed by atoms with van der Waals surface area (Å²) in [5.41, 5.74) is 5.83. The van der Waals surface area contributed by atoms with Crippen LogP contribution in [0.2, 0.25) is 0 Å². The first kappa shape index (κ1) is 21.0. The fraction of sp³-hybridized carbons (Fsp3) is 0.238. The maximum atomic E-state index is 13.5. The first-order valence-electron chi connectivity index (χ1n) is 8.92. The second-order valence-corrected chi connectivity index (χ2v) is 5.87. The van der Waals surface area contributed by atoms with Crippen LogP contribution in [0.25, 0.3) is 6.08 Å². The summed E-state index contributed by atoms with van der Waals surface area (Å²) >= 11 is 0. The van der Waals surface area contributed by atoms with Gasteiger partial charge in [-0.2, -0.15) is 0 Å². The van der Waals surface area contributed by atoms with Crippen LogP contribution >= 0.6 is 0 Å². The maximum absolute atomic E-state index is 13.5. The average Bonchev–Trinajstić information content (AvgIpc) is 2.67. The molecular weight excluding hydrogens is 363 g/mol. The highest BCUT2D eigenvalue weighted by Gasteiger charge is 2.10. The molecule has 0 aliphatic rings. The summed E-state index contributed by atoms with van der Waals surface area (Å²) in [6, 6.07) is 8.99. The number of rotatable bonds is 9. The van der Waals surface area contributed by atoms with Crippen LogP contribution in [0.3, 0.4) is 0 Å². The van der Waals surface area contributed by atoms with Crippen LogP contribution in [0.4, 0.5) is 10.1 Å². The van der Waals surface area contributed by atoms with Crippen LogP contribution in [-0.4, -0.2) is 25.0 Å². The Kier molecular flexibility index (Phi) is 7.56. The molecule has 0 saturated heterocycles. The smallest absolute Gasteiger partial charge is 0.251 e. The van der Waals surface area contributed by atoms with Gasteiger partial charge in [0.15, 0.2) is 11.5 Å². The molecule has 0 radical (unpaired) electrons. The van der Waals surface area contributed by atoms with E-state index in [4.69, 9.17) is 15.2 Å². The molecule has 0 saturated carbocycles. The quantitative estimate of drug-likeness (QED) is 0.642. The molecule has 2 amide bonds. The summed E-state index contributed by atoms with van der Waals surface area (Å²) in [6.45, 7) is 4.97. The number of anilines is 1. The van der Waals surface area contributed by atoms with E-state index in [9.17, 15) is 14.0 Å². The zero-order valence-corrected chi connectivity index (χ0v) is 15.8. The minimum atomic E-state index is -0.905. The van der Waals surface area contributed by atoms with Crippen LogP contribution < -0.4 is 20.5 Å². The molecule has 7 heteroatoms. The van der Waals surface area contributed by atoms with Crippen molar-refractivity contribution in [2.75, 3.05) is 18.5 Å². The Morgan fingerprint density at radius 1 is 1.11 bits per heavy atom. The van der Waals surface area contributed by atoms with E-state index in [1.54, 1.807) is 24.3 Å². The number of nitrogens with two attached hydrogens (primary N) is 1. The Labute approximate surface area is 163 Å². The normalized spacial score (nSPS) is 10.7. The zero-order valence-electron chi connectivity index (χ0n) is 15.8. The van der Waals surface area contributed by atoms with Crippen molar-refractivity contribution in [2.24, 2.45) is 5.73 Å². The summed E-state index contributed by atoms with van der Waals surface area (Å²) in [5, 5.41) is 2.56. The number of hydrogen-bond acceptors (Lipinski definition) is 4. The number of primary amides is 1. The highest BCUT2D eigenvalue weighted by molar-refractivity contribution is 6.03. The molecule has 2 rings (SSSR count). The van der Waals surface area contributed by atoms with Crippen molar-refractivity contribution >= 4 is 23.6 Å². The molecule has 0 atom stereocenters. The number of amides is 2. The molecule has 0 heterocycles. The van der Waals surface area contributed by atoms with Crippen LogP contribution in [0.15, 0.2) is 42.5 Å². The second kappa shape index (κ2) is 10.1. The number of halogens is 1. The summed E-state index contributed by atoms with van der Waals surface area (Å²) in [5.74, 6) is -0.835. The third-order valence-corrected chi connectivity index (χ3v) is 3.66. The van der Waals surface area contributed by atoms with Gasteiger partial charge in [0.25, 0.3) is 5.91 Å². The lowest BCUT2D eigenvalue weighted by atomic mass is 10.1. The molecule has 0 fully saturated rings. The van der Waals surface area contributed by atoms with E-state index in [1.165, 1.54) is 18.2 Å². The predicted molar refractivity (Wildman–Crippen MR) is 106 cm³/mol. The molecule has 3 N–H and O–H groups in total. The molecule has 0 bridgehead atoms. The topological polar surface area (TPSA) is 90.6 Å². The fourth-order valence-corrected chi connectivity index (χ4v) is 2.38.